The molecule has 0 spiro atoms. The third-order valence-corrected chi connectivity index (χ3v) is 6.69. The van der Waals surface area contributed by atoms with Crippen molar-refractivity contribution < 1.29 is 13.9 Å². The summed E-state index contributed by atoms with van der Waals surface area (Å²) in [4.78, 5) is 17.7. The molecule has 0 aliphatic carbocycles. The maximum Gasteiger partial charge on any atom is 0.338 e. The summed E-state index contributed by atoms with van der Waals surface area (Å²) in [6.45, 7) is 6.39. The molecule has 178 valence electrons. The van der Waals surface area contributed by atoms with Crippen LogP contribution in [-0.4, -0.2) is 27.3 Å². The summed E-state index contributed by atoms with van der Waals surface area (Å²) >= 11 is 1.35. The van der Waals surface area contributed by atoms with Gasteiger partial charge in [0.15, 0.2) is 0 Å². The van der Waals surface area contributed by atoms with Gasteiger partial charge in [0.25, 0.3) is 0 Å². The summed E-state index contributed by atoms with van der Waals surface area (Å²) in [5, 5.41) is 8.42. The van der Waals surface area contributed by atoms with Gasteiger partial charge in [-0.05, 0) is 42.5 Å². The Balaban J connectivity index is 1.66. The van der Waals surface area contributed by atoms with Gasteiger partial charge in [-0.15, -0.1) is 5.10 Å². The first-order valence-electron chi connectivity index (χ1n) is 11.6. The zero-order chi connectivity index (χ0) is 24.1. The Labute approximate surface area is 203 Å². The second-order valence-electron chi connectivity index (χ2n) is 8.19. The van der Waals surface area contributed by atoms with E-state index in [-0.39, 0.29) is 11.8 Å². The van der Waals surface area contributed by atoms with Crippen molar-refractivity contribution in [1.82, 2.24) is 14.8 Å². The number of unbranched alkanes of at least 4 members (excludes halogenated alkanes) is 1. The molecular weight excluding hydrogens is 451 g/mol. The summed E-state index contributed by atoms with van der Waals surface area (Å²) in [6.07, 6.45) is 2.69. The standard InChI is InChI=1S/C26H29FN4O2S/c1-4-6-15-33-24(32)22-17(3)28-25-29-26(34-16-20-9-7-8-10-21(20)27)30-31(25)23(22)19-13-11-18(5-2)12-14-19/h7-14,23H,4-6,15-16H2,1-3H3,(H,28,29,30). The third-order valence-electron chi connectivity index (χ3n) is 5.80. The minimum Gasteiger partial charge on any atom is -0.462 e. The number of esters is 1. The number of allylic oxidation sites excluding steroid dienone is 1. The lowest BCUT2D eigenvalue weighted by atomic mass is 9.95. The molecule has 1 aliphatic rings. The predicted octanol–water partition coefficient (Wildman–Crippen LogP) is 5.90. The number of fused-ring (bicyclic) bond motifs is 1. The van der Waals surface area contributed by atoms with Crippen molar-refractivity contribution in [2.45, 2.75) is 57.0 Å². The Hall–Kier alpha value is -3.13. The van der Waals surface area contributed by atoms with E-state index in [0.29, 0.717) is 40.3 Å². The van der Waals surface area contributed by atoms with E-state index < -0.39 is 6.04 Å². The molecule has 6 nitrogen and oxygen atoms in total. The summed E-state index contributed by atoms with van der Waals surface area (Å²) in [5.41, 5.74) is 3.94. The zero-order valence-corrected chi connectivity index (χ0v) is 20.5. The molecule has 1 atom stereocenters. The minimum absolute atomic E-state index is 0.249. The van der Waals surface area contributed by atoms with Gasteiger partial charge in [-0.1, -0.05) is 74.5 Å². The van der Waals surface area contributed by atoms with Crippen LogP contribution in [0.25, 0.3) is 0 Å². The normalized spacial score (nSPS) is 15.1. The first kappa shape index (κ1) is 24.0. The summed E-state index contributed by atoms with van der Waals surface area (Å²) in [7, 11) is 0. The number of thioether (sulfide) groups is 1. The number of aromatic nitrogens is 3. The molecule has 1 unspecified atom stereocenters. The van der Waals surface area contributed by atoms with Crippen LogP contribution in [0.2, 0.25) is 0 Å². The molecule has 34 heavy (non-hydrogen) atoms. The topological polar surface area (TPSA) is 69.0 Å². The maximum atomic E-state index is 14.1. The van der Waals surface area contributed by atoms with E-state index in [9.17, 15) is 9.18 Å². The highest BCUT2D eigenvalue weighted by Crippen LogP contribution is 2.37. The zero-order valence-electron chi connectivity index (χ0n) is 19.7. The van der Waals surface area contributed by atoms with Crippen LogP contribution in [0.15, 0.2) is 65.0 Å². The lowest BCUT2D eigenvalue weighted by Gasteiger charge is -2.28. The second kappa shape index (κ2) is 10.9. The Morgan fingerprint density at radius 1 is 1.18 bits per heavy atom. The summed E-state index contributed by atoms with van der Waals surface area (Å²) in [5.74, 6) is 0.346. The molecule has 1 N–H and O–H groups in total. The van der Waals surface area contributed by atoms with Crippen LogP contribution in [0.5, 0.6) is 0 Å². The number of ether oxygens (including phenoxy) is 1. The Kier molecular flexibility index (Phi) is 7.67. The molecule has 0 radical (unpaired) electrons. The van der Waals surface area contributed by atoms with E-state index in [0.717, 1.165) is 24.8 Å². The van der Waals surface area contributed by atoms with Gasteiger partial charge in [-0.2, -0.15) is 4.98 Å². The highest BCUT2D eigenvalue weighted by Gasteiger charge is 2.35. The number of anilines is 1. The number of nitrogens with zero attached hydrogens (tertiary/aromatic N) is 3. The molecule has 0 amide bonds. The van der Waals surface area contributed by atoms with Gasteiger partial charge in [0.1, 0.15) is 11.9 Å². The van der Waals surface area contributed by atoms with Crippen LogP contribution in [0.3, 0.4) is 0 Å². The van der Waals surface area contributed by atoms with E-state index >= 15 is 0 Å². The molecule has 1 aliphatic heterocycles. The summed E-state index contributed by atoms with van der Waals surface area (Å²) in [6, 6.07) is 14.4. The van der Waals surface area contributed by atoms with Crippen molar-refractivity contribution in [3.63, 3.8) is 0 Å². The van der Waals surface area contributed by atoms with Crippen LogP contribution in [0.1, 0.15) is 56.3 Å². The van der Waals surface area contributed by atoms with Crippen LogP contribution < -0.4 is 5.32 Å². The fourth-order valence-corrected chi connectivity index (χ4v) is 4.66. The Morgan fingerprint density at radius 2 is 1.94 bits per heavy atom. The fraction of sp³-hybridized carbons (Fsp3) is 0.346. The van der Waals surface area contributed by atoms with Crippen LogP contribution in [-0.2, 0) is 21.7 Å². The van der Waals surface area contributed by atoms with Crippen LogP contribution in [0.4, 0.5) is 10.3 Å². The smallest absolute Gasteiger partial charge is 0.338 e. The second-order valence-corrected chi connectivity index (χ2v) is 9.14. The van der Waals surface area contributed by atoms with Crippen LogP contribution >= 0.6 is 11.8 Å². The molecule has 0 saturated carbocycles. The number of aryl methyl sites for hydroxylation is 1. The lowest BCUT2D eigenvalue weighted by molar-refractivity contribution is -0.139. The van der Waals surface area contributed by atoms with Crippen molar-refractivity contribution >= 4 is 23.7 Å². The third kappa shape index (κ3) is 5.17. The number of hydrogen-bond donors (Lipinski definition) is 1. The summed E-state index contributed by atoms with van der Waals surface area (Å²) < 4.78 is 21.4. The maximum absolute atomic E-state index is 14.1. The largest absolute Gasteiger partial charge is 0.462 e. The van der Waals surface area contributed by atoms with Gasteiger partial charge in [0.05, 0.1) is 12.2 Å². The Bertz CT molecular complexity index is 1190. The fourth-order valence-electron chi connectivity index (χ4n) is 3.85. The molecule has 2 heterocycles. The molecule has 8 heteroatoms. The van der Waals surface area contributed by atoms with Gasteiger partial charge in [-0.3, -0.25) is 0 Å². The lowest BCUT2D eigenvalue weighted by Crippen LogP contribution is -2.29. The molecule has 4 rings (SSSR count). The van der Waals surface area contributed by atoms with Gasteiger partial charge in [0, 0.05) is 11.4 Å². The molecule has 2 aromatic carbocycles. The van der Waals surface area contributed by atoms with Crippen molar-refractivity contribution in [3.05, 3.63) is 82.3 Å². The molecular formula is C26H29FN4O2S. The van der Waals surface area contributed by atoms with Crippen molar-refractivity contribution in [2.75, 3.05) is 11.9 Å². The Morgan fingerprint density at radius 3 is 2.65 bits per heavy atom. The molecule has 1 aromatic heterocycles. The van der Waals surface area contributed by atoms with E-state index in [1.54, 1.807) is 16.8 Å². The quantitative estimate of drug-likeness (QED) is 0.233. The average molecular weight is 481 g/mol. The number of nitrogens with one attached hydrogen (secondary N) is 1. The predicted molar refractivity (Wildman–Crippen MR) is 132 cm³/mol. The molecule has 3 aromatic rings. The van der Waals surface area contributed by atoms with Crippen molar-refractivity contribution in [2.24, 2.45) is 0 Å². The molecule has 0 bridgehead atoms. The van der Waals surface area contributed by atoms with Gasteiger partial charge < -0.3 is 10.1 Å². The van der Waals surface area contributed by atoms with Gasteiger partial charge in [0.2, 0.25) is 11.1 Å². The number of carbonyl (C=O) groups excluding carboxylic acids is 1. The first-order valence-corrected chi connectivity index (χ1v) is 12.6. The van der Waals surface area contributed by atoms with Crippen LogP contribution in [0, 0.1) is 5.82 Å². The van der Waals surface area contributed by atoms with Crippen molar-refractivity contribution in [3.8, 4) is 0 Å². The number of halogens is 1. The van der Waals surface area contributed by atoms with E-state index in [2.05, 4.69) is 36.3 Å². The SMILES string of the molecule is CCCCOC(=O)C1=C(C)Nc2nc(SCc3ccccc3F)nn2C1c1ccc(CC)cc1. The molecule has 0 saturated heterocycles. The monoisotopic (exact) mass is 480 g/mol. The number of benzene rings is 2. The number of hydrogen-bond acceptors (Lipinski definition) is 6. The minimum atomic E-state index is -0.466. The highest BCUT2D eigenvalue weighted by molar-refractivity contribution is 7.98. The van der Waals surface area contributed by atoms with E-state index in [4.69, 9.17) is 9.84 Å². The average Bonchev–Trinajstić information content (AvgIpc) is 3.25. The number of rotatable bonds is 9. The van der Waals surface area contributed by atoms with Crippen molar-refractivity contribution in [1.29, 1.82) is 0 Å². The highest BCUT2D eigenvalue weighted by atomic mass is 32.2. The molecule has 0 fully saturated rings. The van der Waals surface area contributed by atoms with Gasteiger partial charge in [-0.25, -0.2) is 13.9 Å². The van der Waals surface area contributed by atoms with E-state index in [1.165, 1.54) is 23.4 Å². The van der Waals surface area contributed by atoms with E-state index in [1.807, 2.05) is 25.1 Å². The van der Waals surface area contributed by atoms with Gasteiger partial charge >= 0.3 is 5.97 Å². The first-order chi connectivity index (χ1) is 16.5. The number of carbonyl (C=O) groups is 1.